The zero-order valence-electron chi connectivity index (χ0n) is 20.6. The van der Waals surface area contributed by atoms with Crippen molar-refractivity contribution in [2.24, 2.45) is 10.4 Å². The van der Waals surface area contributed by atoms with Gasteiger partial charge in [0, 0.05) is 17.0 Å². The first-order valence-electron chi connectivity index (χ1n) is 12.1. The Labute approximate surface area is 224 Å². The van der Waals surface area contributed by atoms with Crippen LogP contribution in [0.25, 0.3) is 0 Å². The standard InChI is InChI=1S/C28H27ClN2O7/c1-17(30-31-35)19-4-9-23(10-5-19)37-22-7-2-18(3-8-22)12-20-13-21(6-11-24(20)29)28-14-25(33)26(34)27(15-32,38-28)16-36-28/h2-11,13,25-26,32-34H,12,14-16H2,1H3/b30-17-/t25?,26-,27-,28+/m0/s1. The molecule has 2 saturated heterocycles. The summed E-state index contributed by atoms with van der Waals surface area (Å²) in [4.78, 5) is 10.3. The molecule has 4 atom stereocenters. The summed E-state index contributed by atoms with van der Waals surface area (Å²) in [6.45, 7) is 1.20. The number of hydrogen-bond acceptors (Lipinski definition) is 8. The van der Waals surface area contributed by atoms with E-state index in [-0.39, 0.29) is 13.0 Å². The first-order valence-corrected chi connectivity index (χ1v) is 12.5. The van der Waals surface area contributed by atoms with Gasteiger partial charge in [0.1, 0.15) is 23.2 Å². The second kappa shape index (κ2) is 10.5. The van der Waals surface area contributed by atoms with Crippen LogP contribution >= 0.6 is 11.6 Å². The quantitative estimate of drug-likeness (QED) is 0.222. The zero-order valence-corrected chi connectivity index (χ0v) is 21.3. The molecule has 2 aliphatic rings. The number of aliphatic hydroxyl groups excluding tert-OH is 3. The van der Waals surface area contributed by atoms with Gasteiger partial charge in [0.15, 0.2) is 5.79 Å². The van der Waals surface area contributed by atoms with Crippen molar-refractivity contribution in [1.82, 2.24) is 0 Å². The SMILES string of the molecule is C/C(=N/N=O)c1ccc(Oc2ccc(Cc3cc([C@]45CC(O)[C@H](O)[C@](CO)(CO4)O5)ccc3Cl)cc2)cc1. The molecule has 2 aliphatic heterocycles. The number of halogens is 1. The van der Waals surface area contributed by atoms with Gasteiger partial charge in [-0.25, -0.2) is 0 Å². The fourth-order valence-corrected chi connectivity index (χ4v) is 5.09. The van der Waals surface area contributed by atoms with Crippen molar-refractivity contribution in [2.45, 2.75) is 43.4 Å². The molecule has 38 heavy (non-hydrogen) atoms. The van der Waals surface area contributed by atoms with Crippen LogP contribution in [0.5, 0.6) is 11.5 Å². The topological polar surface area (TPSA) is 130 Å². The Hall–Kier alpha value is -3.18. The summed E-state index contributed by atoms with van der Waals surface area (Å²) < 4.78 is 17.9. The van der Waals surface area contributed by atoms with Gasteiger partial charge in [-0.05, 0) is 78.6 Å². The highest BCUT2D eigenvalue weighted by molar-refractivity contribution is 6.31. The molecule has 0 aliphatic carbocycles. The van der Waals surface area contributed by atoms with Gasteiger partial charge in [-0.3, -0.25) is 0 Å². The highest BCUT2D eigenvalue weighted by Crippen LogP contribution is 2.49. The average Bonchev–Trinajstić information content (AvgIpc) is 3.27. The summed E-state index contributed by atoms with van der Waals surface area (Å²) in [6, 6.07) is 20.2. The van der Waals surface area contributed by atoms with Crippen molar-refractivity contribution in [3.05, 3.63) is 98.9 Å². The molecule has 0 aromatic heterocycles. The van der Waals surface area contributed by atoms with Crippen molar-refractivity contribution >= 4 is 17.3 Å². The molecule has 5 rings (SSSR count). The van der Waals surface area contributed by atoms with E-state index in [0.717, 1.165) is 16.7 Å². The molecule has 2 bridgehead atoms. The number of hydrogen-bond donors (Lipinski definition) is 3. The Morgan fingerprint density at radius 3 is 2.42 bits per heavy atom. The maximum absolute atomic E-state index is 10.5. The van der Waals surface area contributed by atoms with Gasteiger partial charge in [0.2, 0.25) is 0 Å². The molecule has 0 saturated carbocycles. The van der Waals surface area contributed by atoms with Crippen LogP contribution in [0, 0.1) is 4.91 Å². The lowest BCUT2D eigenvalue weighted by atomic mass is 9.85. The Morgan fingerprint density at radius 1 is 1.08 bits per heavy atom. The van der Waals surface area contributed by atoms with Crippen LogP contribution < -0.4 is 4.74 Å². The molecule has 2 heterocycles. The zero-order chi connectivity index (χ0) is 26.9. The van der Waals surface area contributed by atoms with Crippen LogP contribution in [0.3, 0.4) is 0 Å². The molecular weight excluding hydrogens is 512 g/mol. The molecule has 0 amide bonds. The lowest BCUT2D eigenvalue weighted by Gasteiger charge is -2.42. The van der Waals surface area contributed by atoms with Crippen molar-refractivity contribution in [1.29, 1.82) is 0 Å². The summed E-state index contributed by atoms with van der Waals surface area (Å²) >= 11 is 6.52. The second-order valence-electron chi connectivity index (χ2n) is 9.60. The molecule has 10 heteroatoms. The van der Waals surface area contributed by atoms with Gasteiger partial charge in [0.05, 0.1) is 30.3 Å². The predicted octanol–water partition coefficient (Wildman–Crippen LogP) is 4.27. The number of aliphatic hydroxyl groups is 3. The molecular formula is C28H27ClN2O7. The average molecular weight is 539 g/mol. The van der Waals surface area contributed by atoms with Crippen LogP contribution in [0.2, 0.25) is 5.02 Å². The summed E-state index contributed by atoms with van der Waals surface area (Å²) in [5.74, 6) is 0.0176. The number of benzene rings is 3. The Bertz CT molecular complexity index is 1350. The van der Waals surface area contributed by atoms with Gasteiger partial charge in [-0.2, -0.15) is 0 Å². The van der Waals surface area contributed by atoms with Crippen LogP contribution in [-0.4, -0.2) is 52.1 Å². The molecule has 2 fully saturated rings. The van der Waals surface area contributed by atoms with Crippen LogP contribution in [-0.2, 0) is 21.7 Å². The van der Waals surface area contributed by atoms with E-state index in [1.165, 1.54) is 0 Å². The fourth-order valence-electron chi connectivity index (χ4n) is 4.90. The van der Waals surface area contributed by atoms with E-state index in [1.54, 1.807) is 43.3 Å². The number of rotatable bonds is 8. The summed E-state index contributed by atoms with van der Waals surface area (Å²) in [6.07, 6.45) is -1.79. The van der Waals surface area contributed by atoms with E-state index < -0.39 is 30.2 Å². The van der Waals surface area contributed by atoms with Gasteiger partial charge in [0.25, 0.3) is 0 Å². The van der Waals surface area contributed by atoms with E-state index in [9.17, 15) is 20.2 Å². The minimum Gasteiger partial charge on any atom is -0.457 e. The smallest absolute Gasteiger partial charge is 0.198 e. The van der Waals surface area contributed by atoms with Crippen LogP contribution in [0.15, 0.2) is 77.1 Å². The van der Waals surface area contributed by atoms with Gasteiger partial charge in [-0.15, -0.1) is 10.0 Å². The van der Waals surface area contributed by atoms with E-state index in [1.807, 2.05) is 30.3 Å². The highest BCUT2D eigenvalue weighted by atomic mass is 35.5. The van der Waals surface area contributed by atoms with Gasteiger partial charge >= 0.3 is 0 Å². The van der Waals surface area contributed by atoms with Crippen LogP contribution in [0.1, 0.15) is 35.6 Å². The third kappa shape index (κ3) is 4.96. The maximum atomic E-state index is 10.5. The first kappa shape index (κ1) is 26.4. The van der Waals surface area contributed by atoms with Crippen molar-refractivity contribution in [3.8, 4) is 11.5 Å². The molecule has 9 nitrogen and oxygen atoms in total. The number of nitrogens with zero attached hydrogens (tertiary/aromatic N) is 2. The van der Waals surface area contributed by atoms with Gasteiger partial charge < -0.3 is 29.5 Å². The molecule has 0 radical (unpaired) electrons. The highest BCUT2D eigenvalue weighted by Gasteiger charge is 2.62. The normalized spacial score (nSPS) is 26.8. The second-order valence-corrected chi connectivity index (χ2v) is 10.0. The van der Waals surface area contributed by atoms with E-state index in [2.05, 4.69) is 10.4 Å². The Kier molecular flexibility index (Phi) is 7.32. The summed E-state index contributed by atoms with van der Waals surface area (Å²) in [5, 5.41) is 37.3. The molecule has 1 unspecified atom stereocenters. The summed E-state index contributed by atoms with van der Waals surface area (Å²) in [5.41, 5.74) is 2.42. The lowest BCUT2D eigenvalue weighted by Crippen LogP contribution is -2.59. The minimum absolute atomic E-state index is 0.0321. The van der Waals surface area contributed by atoms with Crippen molar-refractivity contribution in [3.63, 3.8) is 0 Å². The van der Waals surface area contributed by atoms with E-state index in [4.69, 9.17) is 25.8 Å². The fraction of sp³-hybridized carbons (Fsp3) is 0.321. The third-order valence-electron chi connectivity index (χ3n) is 7.07. The third-order valence-corrected chi connectivity index (χ3v) is 7.44. The summed E-state index contributed by atoms with van der Waals surface area (Å²) in [7, 11) is 0. The molecule has 0 spiro atoms. The van der Waals surface area contributed by atoms with Crippen LogP contribution in [0.4, 0.5) is 0 Å². The lowest BCUT2D eigenvalue weighted by molar-refractivity contribution is -0.281. The number of fused-ring (bicyclic) bond motifs is 2. The maximum Gasteiger partial charge on any atom is 0.198 e. The molecule has 3 aromatic carbocycles. The first-order chi connectivity index (χ1) is 18.3. The number of ether oxygens (including phenoxy) is 3. The predicted molar refractivity (Wildman–Crippen MR) is 140 cm³/mol. The van der Waals surface area contributed by atoms with E-state index >= 15 is 0 Å². The molecule has 3 aromatic rings. The monoisotopic (exact) mass is 538 g/mol. The number of nitroso groups, excluding NO2 is 1. The van der Waals surface area contributed by atoms with Crippen molar-refractivity contribution in [2.75, 3.05) is 13.2 Å². The van der Waals surface area contributed by atoms with Gasteiger partial charge in [-0.1, -0.05) is 29.8 Å². The Morgan fingerprint density at radius 2 is 1.76 bits per heavy atom. The minimum atomic E-state index is -1.37. The van der Waals surface area contributed by atoms with E-state index in [0.29, 0.717) is 34.2 Å². The Balaban J connectivity index is 1.30. The van der Waals surface area contributed by atoms with Crippen molar-refractivity contribution < 1.29 is 29.5 Å². The molecule has 3 N–H and O–H groups in total. The molecule has 198 valence electrons. The largest absolute Gasteiger partial charge is 0.457 e.